The van der Waals surface area contributed by atoms with Crippen LogP contribution in [-0.2, 0) is 4.79 Å². The SMILES string of the molecule is COc1cccc(/C=C/C(=O)Nc2nc(-c3cccs3)cs2)c1. The molecule has 1 N–H and O–H groups in total. The standard InChI is InChI=1S/C17H14N2O2S2/c1-21-13-5-2-4-12(10-13)7-8-16(20)19-17-18-14(11-23-17)15-6-3-9-22-15/h2-11H,1H3,(H,18,19,20)/b8-7+. The van der Waals surface area contributed by atoms with E-state index in [9.17, 15) is 4.79 Å². The molecule has 4 nitrogen and oxygen atoms in total. The van der Waals surface area contributed by atoms with E-state index in [0.29, 0.717) is 5.13 Å². The Morgan fingerprint density at radius 1 is 1.26 bits per heavy atom. The number of ether oxygens (including phenoxy) is 1. The van der Waals surface area contributed by atoms with Crippen molar-refractivity contribution < 1.29 is 9.53 Å². The van der Waals surface area contributed by atoms with Crippen LogP contribution in [0.15, 0.2) is 53.2 Å². The maximum atomic E-state index is 12.0. The van der Waals surface area contributed by atoms with E-state index >= 15 is 0 Å². The van der Waals surface area contributed by atoms with Crippen LogP contribution in [-0.4, -0.2) is 18.0 Å². The molecule has 0 fully saturated rings. The number of hydrogen-bond acceptors (Lipinski definition) is 5. The molecule has 0 radical (unpaired) electrons. The highest BCUT2D eigenvalue weighted by Gasteiger charge is 2.06. The first-order chi connectivity index (χ1) is 11.2. The third-order valence-electron chi connectivity index (χ3n) is 3.03. The third-order valence-corrected chi connectivity index (χ3v) is 4.68. The van der Waals surface area contributed by atoms with Crippen molar-refractivity contribution in [2.24, 2.45) is 0 Å². The highest BCUT2D eigenvalue weighted by molar-refractivity contribution is 7.16. The Morgan fingerprint density at radius 2 is 2.17 bits per heavy atom. The molecule has 23 heavy (non-hydrogen) atoms. The minimum atomic E-state index is -0.208. The zero-order valence-electron chi connectivity index (χ0n) is 12.4. The molecule has 2 aromatic heterocycles. The van der Waals surface area contributed by atoms with E-state index in [1.165, 1.54) is 17.4 Å². The minimum Gasteiger partial charge on any atom is -0.497 e. The maximum Gasteiger partial charge on any atom is 0.250 e. The second-order valence-electron chi connectivity index (χ2n) is 4.61. The molecule has 1 amide bonds. The molecule has 0 spiro atoms. The van der Waals surface area contributed by atoms with Crippen molar-refractivity contribution in [1.29, 1.82) is 0 Å². The molecule has 0 aliphatic heterocycles. The Labute approximate surface area is 142 Å². The molecule has 0 bridgehead atoms. The van der Waals surface area contributed by atoms with Gasteiger partial charge in [-0.25, -0.2) is 4.98 Å². The monoisotopic (exact) mass is 342 g/mol. The highest BCUT2D eigenvalue weighted by Crippen LogP contribution is 2.28. The number of aromatic nitrogens is 1. The Hall–Kier alpha value is -2.44. The number of carbonyl (C=O) groups is 1. The molecule has 0 unspecified atom stereocenters. The maximum absolute atomic E-state index is 12.0. The summed E-state index contributed by atoms with van der Waals surface area (Å²) in [7, 11) is 1.61. The van der Waals surface area contributed by atoms with Crippen molar-refractivity contribution in [3.05, 3.63) is 58.8 Å². The summed E-state index contributed by atoms with van der Waals surface area (Å²) in [5, 5.41) is 7.31. The van der Waals surface area contributed by atoms with Crippen LogP contribution in [0.25, 0.3) is 16.6 Å². The molecule has 116 valence electrons. The van der Waals surface area contributed by atoms with Crippen molar-refractivity contribution in [2.45, 2.75) is 0 Å². The summed E-state index contributed by atoms with van der Waals surface area (Å²) < 4.78 is 5.15. The van der Waals surface area contributed by atoms with E-state index in [0.717, 1.165) is 21.9 Å². The smallest absolute Gasteiger partial charge is 0.250 e. The summed E-state index contributed by atoms with van der Waals surface area (Å²) in [6.07, 6.45) is 3.23. The van der Waals surface area contributed by atoms with Gasteiger partial charge in [-0.2, -0.15) is 0 Å². The van der Waals surface area contributed by atoms with Crippen molar-refractivity contribution in [1.82, 2.24) is 4.98 Å². The average molecular weight is 342 g/mol. The number of benzene rings is 1. The van der Waals surface area contributed by atoms with Crippen LogP contribution < -0.4 is 10.1 Å². The summed E-state index contributed by atoms with van der Waals surface area (Å²) in [5.41, 5.74) is 1.79. The van der Waals surface area contributed by atoms with Crippen LogP contribution in [0.3, 0.4) is 0 Å². The van der Waals surface area contributed by atoms with E-state index in [-0.39, 0.29) is 5.91 Å². The van der Waals surface area contributed by atoms with Gasteiger partial charge in [0.25, 0.3) is 0 Å². The number of carbonyl (C=O) groups excluding carboxylic acids is 1. The Bertz CT molecular complexity index is 823. The number of nitrogens with one attached hydrogen (secondary N) is 1. The normalized spacial score (nSPS) is 10.8. The van der Waals surface area contributed by atoms with Crippen molar-refractivity contribution >= 4 is 39.8 Å². The number of amides is 1. The predicted molar refractivity (Wildman–Crippen MR) is 96.1 cm³/mol. The fourth-order valence-electron chi connectivity index (χ4n) is 1.93. The van der Waals surface area contributed by atoms with Crippen LogP contribution >= 0.6 is 22.7 Å². The van der Waals surface area contributed by atoms with Gasteiger partial charge in [-0.1, -0.05) is 18.2 Å². The molecule has 0 saturated heterocycles. The first-order valence-electron chi connectivity index (χ1n) is 6.87. The van der Waals surface area contributed by atoms with E-state index in [1.807, 2.05) is 47.2 Å². The van der Waals surface area contributed by atoms with Crippen LogP contribution in [0.5, 0.6) is 5.75 Å². The molecule has 0 aliphatic rings. The molecule has 6 heteroatoms. The van der Waals surface area contributed by atoms with Gasteiger partial charge in [0, 0.05) is 11.5 Å². The van der Waals surface area contributed by atoms with Crippen LogP contribution in [0.1, 0.15) is 5.56 Å². The van der Waals surface area contributed by atoms with Crippen LogP contribution in [0.4, 0.5) is 5.13 Å². The molecule has 3 aromatic rings. The van der Waals surface area contributed by atoms with Gasteiger partial charge in [-0.05, 0) is 35.2 Å². The fourth-order valence-corrected chi connectivity index (χ4v) is 3.41. The summed E-state index contributed by atoms with van der Waals surface area (Å²) in [4.78, 5) is 17.5. The third kappa shape index (κ3) is 4.06. The topological polar surface area (TPSA) is 51.2 Å². The number of nitrogens with zero attached hydrogens (tertiary/aromatic N) is 1. The molecular formula is C17H14N2O2S2. The molecule has 3 rings (SSSR count). The average Bonchev–Trinajstić information content (AvgIpc) is 3.24. The van der Waals surface area contributed by atoms with Gasteiger partial charge in [0.05, 0.1) is 17.7 Å². The van der Waals surface area contributed by atoms with Crippen LogP contribution in [0, 0.1) is 0 Å². The van der Waals surface area contributed by atoms with Gasteiger partial charge < -0.3 is 4.74 Å². The molecular weight excluding hydrogens is 328 g/mol. The first kappa shape index (κ1) is 15.5. The van der Waals surface area contributed by atoms with Crippen molar-refractivity contribution in [3.63, 3.8) is 0 Å². The van der Waals surface area contributed by atoms with E-state index < -0.39 is 0 Å². The number of anilines is 1. The number of methoxy groups -OCH3 is 1. The summed E-state index contributed by atoms with van der Waals surface area (Å²) in [6.45, 7) is 0. The number of rotatable bonds is 5. The number of thiophene rings is 1. The predicted octanol–water partition coefficient (Wildman–Crippen LogP) is 4.53. The fraction of sp³-hybridized carbons (Fsp3) is 0.0588. The molecule has 0 aliphatic carbocycles. The zero-order valence-corrected chi connectivity index (χ0v) is 14.0. The lowest BCUT2D eigenvalue weighted by atomic mass is 10.2. The summed E-state index contributed by atoms with van der Waals surface area (Å²) in [6, 6.07) is 11.5. The second kappa shape index (κ2) is 7.21. The molecule has 0 saturated carbocycles. The van der Waals surface area contributed by atoms with Crippen molar-refractivity contribution in [2.75, 3.05) is 12.4 Å². The second-order valence-corrected chi connectivity index (χ2v) is 6.42. The van der Waals surface area contributed by atoms with Gasteiger partial charge in [0.2, 0.25) is 5.91 Å². The van der Waals surface area contributed by atoms with Crippen molar-refractivity contribution in [3.8, 4) is 16.3 Å². The molecule has 2 heterocycles. The number of thiazole rings is 1. The lowest BCUT2D eigenvalue weighted by molar-refractivity contribution is -0.111. The zero-order chi connectivity index (χ0) is 16.1. The molecule has 1 aromatic carbocycles. The van der Waals surface area contributed by atoms with Gasteiger partial charge in [-0.3, -0.25) is 10.1 Å². The molecule has 0 atom stereocenters. The Kier molecular flexibility index (Phi) is 4.85. The highest BCUT2D eigenvalue weighted by atomic mass is 32.1. The van der Waals surface area contributed by atoms with Crippen LogP contribution in [0.2, 0.25) is 0 Å². The number of hydrogen-bond donors (Lipinski definition) is 1. The lowest BCUT2D eigenvalue weighted by Crippen LogP contribution is -2.07. The van der Waals surface area contributed by atoms with E-state index in [2.05, 4.69) is 10.3 Å². The Morgan fingerprint density at radius 3 is 2.96 bits per heavy atom. The van der Waals surface area contributed by atoms with E-state index in [1.54, 1.807) is 24.5 Å². The first-order valence-corrected chi connectivity index (χ1v) is 8.63. The van der Waals surface area contributed by atoms with Gasteiger partial charge in [0.1, 0.15) is 5.75 Å². The van der Waals surface area contributed by atoms with E-state index in [4.69, 9.17) is 4.74 Å². The van der Waals surface area contributed by atoms with Gasteiger partial charge in [-0.15, -0.1) is 22.7 Å². The van der Waals surface area contributed by atoms with Gasteiger partial charge in [0.15, 0.2) is 5.13 Å². The van der Waals surface area contributed by atoms with Gasteiger partial charge >= 0.3 is 0 Å². The Balaban J connectivity index is 1.64. The lowest BCUT2D eigenvalue weighted by Gasteiger charge is -2.00. The summed E-state index contributed by atoms with van der Waals surface area (Å²) in [5.74, 6) is 0.549. The largest absolute Gasteiger partial charge is 0.497 e. The summed E-state index contributed by atoms with van der Waals surface area (Å²) >= 11 is 3.04. The quantitative estimate of drug-likeness (QED) is 0.693. The minimum absolute atomic E-state index is 0.208.